The van der Waals surface area contributed by atoms with Crippen molar-refractivity contribution in [1.82, 2.24) is 5.43 Å². The highest BCUT2D eigenvalue weighted by molar-refractivity contribution is 15.0. The topological polar surface area (TPSA) is 178 Å². The molecule has 2 aromatic rings. The van der Waals surface area contributed by atoms with Gasteiger partial charge in [0.2, 0.25) is 11.9 Å². The Labute approximate surface area is 216 Å². The van der Waals surface area contributed by atoms with Crippen molar-refractivity contribution in [3.05, 3.63) is 77.5 Å². The summed E-state index contributed by atoms with van der Waals surface area (Å²) in [7, 11) is 0. The van der Waals surface area contributed by atoms with E-state index in [4.69, 9.17) is 22.9 Å². The molecule has 9 N–H and O–H groups in total. The van der Waals surface area contributed by atoms with Gasteiger partial charge in [0.05, 0.1) is 23.7 Å². The molecule has 0 fully saturated rings. The molecule has 12 heteroatoms. The number of hydrazone groups is 1. The molecule has 1 aliphatic rings. The van der Waals surface area contributed by atoms with Gasteiger partial charge in [0.1, 0.15) is 0 Å². The van der Waals surface area contributed by atoms with Crippen LogP contribution in [0.1, 0.15) is 18.1 Å². The maximum absolute atomic E-state index is 5.32. The lowest BCUT2D eigenvalue weighted by Gasteiger charge is -2.12. The van der Waals surface area contributed by atoms with E-state index in [9.17, 15) is 0 Å². The van der Waals surface area contributed by atoms with Crippen molar-refractivity contribution < 1.29 is 0 Å². The van der Waals surface area contributed by atoms with E-state index in [1.807, 2.05) is 67.6 Å². The summed E-state index contributed by atoms with van der Waals surface area (Å²) in [6.07, 6.45) is 3.30. The second-order valence-electron chi connectivity index (χ2n) is 6.18. The van der Waals surface area contributed by atoms with Crippen molar-refractivity contribution in [1.29, 1.82) is 0 Å². The number of nitrogens with zero attached hydrogens (tertiary/aromatic N) is 5. The fourth-order valence-electron chi connectivity index (χ4n) is 2.38. The van der Waals surface area contributed by atoms with E-state index in [-0.39, 0.29) is 11.9 Å². The molecule has 0 aromatic heterocycles. The highest BCUT2D eigenvalue weighted by atomic mass is 128. The summed E-state index contributed by atoms with van der Waals surface area (Å²) in [5.41, 5.74) is 28.0. The van der Waals surface area contributed by atoms with E-state index in [1.54, 1.807) is 12.4 Å². The molecule has 1 aliphatic heterocycles. The van der Waals surface area contributed by atoms with Gasteiger partial charge in [-0.25, -0.2) is 0 Å². The van der Waals surface area contributed by atoms with Crippen LogP contribution in [0.4, 0.5) is 0 Å². The molecule has 0 unspecified atom stereocenters. The fourth-order valence-corrected chi connectivity index (χ4v) is 2.38. The Bertz CT molecular complexity index is 1020. The van der Waals surface area contributed by atoms with Gasteiger partial charge in [-0.1, -0.05) is 60.7 Å². The minimum atomic E-state index is -0.0349. The molecular weight excluding hydrogens is 646 g/mol. The first kappa shape index (κ1) is 28.0. The molecule has 0 spiro atoms. The maximum atomic E-state index is 5.32. The second kappa shape index (κ2) is 16.6. The molecular formula is C21H26I2N10. The Morgan fingerprint density at radius 2 is 1.39 bits per heavy atom. The molecule has 33 heavy (non-hydrogen) atoms. The lowest BCUT2D eigenvalue weighted by atomic mass is 10.1. The normalized spacial score (nSPS) is 13.4. The Morgan fingerprint density at radius 3 is 1.88 bits per heavy atom. The third kappa shape index (κ3) is 11.4. The van der Waals surface area contributed by atoms with Crippen LogP contribution in [-0.2, 0) is 0 Å². The monoisotopic (exact) mass is 672 g/mol. The molecule has 0 saturated carbocycles. The zero-order valence-electron chi connectivity index (χ0n) is 17.9. The standard InChI is InChI=1S/C12H14N6.C9H12N4.I2/c13-12(14)18-17-11(9-4-2-1-3-5-9)10-8-15-6-7-16-10;1-7(12-13-9(10)11)8-5-3-2-4-6-8;1-2/h1-7,17H,8H2,(H4,13,14,18);2-6H,1H3,(H4,10,11,13);/b;12-7+;. The van der Waals surface area contributed by atoms with E-state index in [0.29, 0.717) is 6.54 Å². The summed E-state index contributed by atoms with van der Waals surface area (Å²) in [5, 5.41) is 11.2. The van der Waals surface area contributed by atoms with E-state index >= 15 is 0 Å². The van der Waals surface area contributed by atoms with Crippen LogP contribution in [0.5, 0.6) is 0 Å². The molecule has 0 aliphatic carbocycles. The van der Waals surface area contributed by atoms with Crippen molar-refractivity contribution in [3.63, 3.8) is 0 Å². The molecule has 10 nitrogen and oxygen atoms in total. The summed E-state index contributed by atoms with van der Waals surface area (Å²) in [6.45, 7) is 2.34. The average Bonchev–Trinajstić information content (AvgIpc) is 2.86. The second-order valence-corrected chi connectivity index (χ2v) is 6.18. The van der Waals surface area contributed by atoms with E-state index in [0.717, 1.165) is 28.2 Å². The van der Waals surface area contributed by atoms with Crippen LogP contribution in [0.25, 0.3) is 5.70 Å². The van der Waals surface area contributed by atoms with Gasteiger partial charge < -0.3 is 22.9 Å². The first-order valence-corrected chi connectivity index (χ1v) is 15.7. The van der Waals surface area contributed by atoms with Crippen molar-refractivity contribution in [3.8, 4) is 0 Å². The molecule has 0 amide bonds. The van der Waals surface area contributed by atoms with E-state index in [1.165, 1.54) is 0 Å². The van der Waals surface area contributed by atoms with Gasteiger partial charge in [0.25, 0.3) is 0 Å². The average molecular weight is 672 g/mol. The number of aliphatic imine (C=N–C) groups is 2. The number of rotatable bonds is 5. The Hall–Kier alpha value is -3.01. The number of nitrogens with one attached hydrogen (secondary N) is 1. The summed E-state index contributed by atoms with van der Waals surface area (Å²) >= 11 is 4.24. The van der Waals surface area contributed by atoms with Crippen LogP contribution >= 0.6 is 37.2 Å². The molecule has 2 aromatic carbocycles. The molecule has 0 bridgehead atoms. The summed E-state index contributed by atoms with van der Waals surface area (Å²) in [4.78, 5) is 8.42. The van der Waals surface area contributed by atoms with Gasteiger partial charge in [-0.05, 0) is 12.5 Å². The van der Waals surface area contributed by atoms with Crippen LogP contribution in [0, 0.1) is 0 Å². The zero-order valence-corrected chi connectivity index (χ0v) is 22.3. The molecule has 3 rings (SSSR count). The molecule has 1 heterocycles. The highest BCUT2D eigenvalue weighted by Gasteiger charge is 2.09. The first-order chi connectivity index (χ1) is 16.0. The van der Waals surface area contributed by atoms with Gasteiger partial charge in [0.15, 0.2) is 0 Å². The van der Waals surface area contributed by atoms with Crippen molar-refractivity contribution in [2.75, 3.05) is 6.54 Å². The SMILES string of the molecule is C/C(=N\N=C(N)N)c1ccccc1.II.NC(N)=NNC(=C1CN=CC=N1)c1ccccc1. The Morgan fingerprint density at radius 1 is 0.818 bits per heavy atom. The van der Waals surface area contributed by atoms with Crippen molar-refractivity contribution >= 4 is 73.0 Å². The molecule has 0 saturated heterocycles. The van der Waals surface area contributed by atoms with E-state index < -0.39 is 0 Å². The van der Waals surface area contributed by atoms with Gasteiger partial charge in [-0.15, -0.1) is 10.2 Å². The lowest BCUT2D eigenvalue weighted by Crippen LogP contribution is -2.26. The third-order valence-corrected chi connectivity index (χ3v) is 3.80. The smallest absolute Gasteiger partial charge is 0.211 e. The number of benzene rings is 2. The Kier molecular flexibility index (Phi) is 14.1. The summed E-state index contributed by atoms with van der Waals surface area (Å²) in [6, 6.07) is 19.4. The number of hydrogen-bond acceptors (Lipinski definition) is 6. The number of guanidine groups is 2. The predicted molar refractivity (Wildman–Crippen MR) is 157 cm³/mol. The zero-order chi connectivity index (χ0) is 24.5. The van der Waals surface area contributed by atoms with E-state index in [2.05, 4.69) is 67.9 Å². The molecule has 0 radical (unpaired) electrons. The van der Waals surface area contributed by atoms with Crippen LogP contribution in [0.2, 0.25) is 0 Å². The number of hydrogen-bond donors (Lipinski definition) is 5. The van der Waals surface area contributed by atoms with Gasteiger partial charge in [0, 0.05) is 55.2 Å². The third-order valence-electron chi connectivity index (χ3n) is 3.80. The van der Waals surface area contributed by atoms with Crippen molar-refractivity contribution in [2.45, 2.75) is 6.92 Å². The van der Waals surface area contributed by atoms with Crippen LogP contribution in [0.3, 0.4) is 0 Å². The minimum absolute atomic E-state index is 0.0321. The van der Waals surface area contributed by atoms with Gasteiger partial charge >= 0.3 is 0 Å². The maximum Gasteiger partial charge on any atom is 0.211 e. The quantitative estimate of drug-likeness (QED) is 0.142. The number of halogens is 2. The predicted octanol–water partition coefficient (Wildman–Crippen LogP) is 2.74. The van der Waals surface area contributed by atoms with Crippen molar-refractivity contribution in [2.24, 2.45) is 48.2 Å². The van der Waals surface area contributed by atoms with Crippen LogP contribution in [0.15, 0.2) is 91.6 Å². The highest BCUT2D eigenvalue weighted by Crippen LogP contribution is 2.18. The Balaban J connectivity index is 0.000000322. The van der Waals surface area contributed by atoms with Crippen LogP contribution in [-0.4, -0.2) is 36.6 Å². The van der Waals surface area contributed by atoms with Gasteiger partial charge in [-0.3, -0.25) is 15.4 Å². The number of nitrogens with two attached hydrogens (primary N) is 4. The van der Waals surface area contributed by atoms with Crippen LogP contribution < -0.4 is 28.4 Å². The molecule has 0 atom stereocenters. The molecule has 174 valence electrons. The first-order valence-electron chi connectivity index (χ1n) is 9.46. The van der Waals surface area contributed by atoms with Gasteiger partial charge in [-0.2, -0.15) is 5.10 Å². The fraction of sp³-hybridized carbons (Fsp3) is 0.0952. The minimum Gasteiger partial charge on any atom is -0.369 e. The summed E-state index contributed by atoms with van der Waals surface area (Å²) in [5.74, 6) is -0.0670. The summed E-state index contributed by atoms with van der Waals surface area (Å²) < 4.78 is 0. The lowest BCUT2D eigenvalue weighted by molar-refractivity contribution is 0.949. The largest absolute Gasteiger partial charge is 0.369 e.